The first-order valence-corrected chi connectivity index (χ1v) is 6.52. The molecule has 2 aromatic carbocycles. The van der Waals surface area contributed by atoms with Gasteiger partial charge in [-0.2, -0.15) is 0 Å². The van der Waals surface area contributed by atoms with Crippen molar-refractivity contribution in [3.63, 3.8) is 0 Å². The zero-order chi connectivity index (χ0) is 13.2. The van der Waals surface area contributed by atoms with E-state index in [9.17, 15) is 0 Å². The first-order chi connectivity index (χ1) is 9.22. The highest BCUT2D eigenvalue weighted by atomic mass is 35.5. The van der Waals surface area contributed by atoms with Gasteiger partial charge in [-0.1, -0.05) is 29.3 Å². The molecule has 0 saturated heterocycles. The summed E-state index contributed by atoms with van der Waals surface area (Å²) in [6.07, 6.45) is 1.69. The summed E-state index contributed by atoms with van der Waals surface area (Å²) in [5.74, 6) is 0.732. The number of halogens is 2. The van der Waals surface area contributed by atoms with Crippen molar-refractivity contribution < 1.29 is 9.15 Å². The maximum atomic E-state index is 5.91. The van der Waals surface area contributed by atoms with Crippen LogP contribution in [0.1, 0.15) is 5.56 Å². The molecule has 0 aliphatic rings. The van der Waals surface area contributed by atoms with Crippen LogP contribution in [-0.2, 0) is 6.61 Å². The summed E-state index contributed by atoms with van der Waals surface area (Å²) in [7, 11) is 0. The summed E-state index contributed by atoms with van der Waals surface area (Å²) in [4.78, 5) is 0. The molecule has 0 N–H and O–H groups in total. The van der Waals surface area contributed by atoms with Gasteiger partial charge in [-0.25, -0.2) is 0 Å². The summed E-state index contributed by atoms with van der Waals surface area (Å²) in [5, 5.41) is 2.32. The van der Waals surface area contributed by atoms with Crippen molar-refractivity contribution in [3.05, 3.63) is 64.3 Å². The highest BCUT2D eigenvalue weighted by Crippen LogP contribution is 2.26. The minimum Gasteiger partial charge on any atom is -0.489 e. The van der Waals surface area contributed by atoms with E-state index >= 15 is 0 Å². The van der Waals surface area contributed by atoms with E-state index in [1.165, 1.54) is 0 Å². The number of rotatable bonds is 3. The molecule has 1 heterocycles. The average Bonchev–Trinajstić information content (AvgIpc) is 2.78. The van der Waals surface area contributed by atoms with Crippen molar-refractivity contribution in [2.45, 2.75) is 6.61 Å². The van der Waals surface area contributed by atoms with Gasteiger partial charge in [0.2, 0.25) is 0 Å². The van der Waals surface area contributed by atoms with Crippen molar-refractivity contribution in [1.82, 2.24) is 0 Å². The van der Waals surface area contributed by atoms with E-state index in [0.717, 1.165) is 22.3 Å². The Morgan fingerprint density at radius 3 is 2.68 bits per heavy atom. The summed E-state index contributed by atoms with van der Waals surface area (Å²) in [6, 6.07) is 12.9. The monoisotopic (exact) mass is 292 g/mol. The number of hydrogen-bond acceptors (Lipinski definition) is 2. The van der Waals surface area contributed by atoms with Crippen molar-refractivity contribution >= 4 is 34.2 Å². The first-order valence-electron chi connectivity index (χ1n) is 5.76. The van der Waals surface area contributed by atoms with Crippen LogP contribution < -0.4 is 4.74 Å². The van der Waals surface area contributed by atoms with Gasteiger partial charge in [0.25, 0.3) is 0 Å². The van der Waals surface area contributed by atoms with Gasteiger partial charge in [-0.3, -0.25) is 0 Å². The second-order valence-corrected chi connectivity index (χ2v) is 5.02. The normalized spacial score (nSPS) is 10.8. The van der Waals surface area contributed by atoms with Crippen LogP contribution in [0.15, 0.2) is 53.1 Å². The molecule has 1 aromatic heterocycles. The van der Waals surface area contributed by atoms with Gasteiger partial charge in [-0.15, -0.1) is 0 Å². The Balaban J connectivity index is 1.82. The molecule has 19 heavy (non-hydrogen) atoms. The molecule has 0 radical (unpaired) electrons. The predicted octanol–water partition coefficient (Wildman–Crippen LogP) is 5.32. The van der Waals surface area contributed by atoms with Crippen molar-refractivity contribution in [2.24, 2.45) is 0 Å². The second kappa shape index (κ2) is 5.16. The van der Waals surface area contributed by atoms with E-state index in [2.05, 4.69) is 0 Å². The van der Waals surface area contributed by atoms with Crippen LogP contribution in [0.5, 0.6) is 5.75 Å². The highest BCUT2D eigenvalue weighted by molar-refractivity contribution is 6.31. The Labute approximate surface area is 120 Å². The van der Waals surface area contributed by atoms with E-state index in [0.29, 0.717) is 16.7 Å². The third-order valence-corrected chi connectivity index (χ3v) is 3.28. The van der Waals surface area contributed by atoms with E-state index in [4.69, 9.17) is 32.4 Å². The molecule has 0 spiro atoms. The molecule has 2 nitrogen and oxygen atoms in total. The minimum absolute atomic E-state index is 0.426. The molecular formula is C15H10Cl2O2. The van der Waals surface area contributed by atoms with E-state index in [1.54, 1.807) is 18.4 Å². The average molecular weight is 293 g/mol. The lowest BCUT2D eigenvalue weighted by atomic mass is 10.2. The van der Waals surface area contributed by atoms with Gasteiger partial charge in [0.1, 0.15) is 17.9 Å². The largest absolute Gasteiger partial charge is 0.489 e. The van der Waals surface area contributed by atoms with E-state index in [-0.39, 0.29) is 0 Å². The lowest BCUT2D eigenvalue weighted by Gasteiger charge is -2.05. The molecule has 3 aromatic rings. The lowest BCUT2D eigenvalue weighted by Crippen LogP contribution is -1.94. The van der Waals surface area contributed by atoms with E-state index in [1.807, 2.05) is 30.3 Å². The van der Waals surface area contributed by atoms with Crippen molar-refractivity contribution in [1.29, 1.82) is 0 Å². The molecule has 0 bridgehead atoms. The van der Waals surface area contributed by atoms with Gasteiger partial charge in [-0.05, 0) is 36.4 Å². The third kappa shape index (κ3) is 2.70. The molecule has 0 aliphatic heterocycles. The molecule has 3 rings (SSSR count). The van der Waals surface area contributed by atoms with Crippen LogP contribution in [0.25, 0.3) is 11.0 Å². The van der Waals surface area contributed by atoms with Crippen LogP contribution in [-0.4, -0.2) is 0 Å². The quantitative estimate of drug-likeness (QED) is 0.652. The summed E-state index contributed by atoms with van der Waals surface area (Å²) in [6.45, 7) is 0.426. The maximum Gasteiger partial charge on any atom is 0.135 e. The fourth-order valence-electron chi connectivity index (χ4n) is 1.89. The summed E-state index contributed by atoms with van der Waals surface area (Å²) < 4.78 is 11.1. The number of fused-ring (bicyclic) bond motifs is 1. The predicted molar refractivity (Wildman–Crippen MR) is 77.0 cm³/mol. The standard InChI is InChI=1S/C15H10Cl2O2/c16-11-2-1-3-13(6-11)18-8-10-9-19-15-7-12(17)4-5-14(10)15/h1-7,9H,8H2. The van der Waals surface area contributed by atoms with Crippen molar-refractivity contribution in [3.8, 4) is 5.75 Å². The zero-order valence-corrected chi connectivity index (χ0v) is 11.4. The molecule has 4 heteroatoms. The number of ether oxygens (including phenoxy) is 1. The molecular weight excluding hydrogens is 283 g/mol. The Bertz CT molecular complexity index is 719. The first kappa shape index (κ1) is 12.4. The van der Waals surface area contributed by atoms with Crippen molar-refractivity contribution in [2.75, 3.05) is 0 Å². The summed E-state index contributed by atoms with van der Waals surface area (Å²) in [5.41, 5.74) is 1.74. The molecule has 0 amide bonds. The molecule has 0 fully saturated rings. The zero-order valence-electron chi connectivity index (χ0n) is 9.90. The highest BCUT2D eigenvalue weighted by Gasteiger charge is 2.07. The fraction of sp³-hybridized carbons (Fsp3) is 0.0667. The van der Waals surface area contributed by atoms with E-state index < -0.39 is 0 Å². The Hall–Kier alpha value is -1.64. The minimum atomic E-state index is 0.426. The SMILES string of the molecule is Clc1cccc(OCc2coc3cc(Cl)ccc23)c1. The number of furan rings is 1. The van der Waals surface area contributed by atoms with Crippen LogP contribution in [0.3, 0.4) is 0 Å². The smallest absolute Gasteiger partial charge is 0.135 e. The van der Waals surface area contributed by atoms with Crippen LogP contribution in [0.2, 0.25) is 10.0 Å². The molecule has 0 aliphatic carbocycles. The number of benzene rings is 2. The molecule has 0 atom stereocenters. The van der Waals surface area contributed by atoms with Crippen LogP contribution in [0.4, 0.5) is 0 Å². The second-order valence-electron chi connectivity index (χ2n) is 4.15. The van der Waals surface area contributed by atoms with Gasteiger partial charge < -0.3 is 9.15 Å². The molecule has 96 valence electrons. The third-order valence-electron chi connectivity index (χ3n) is 2.81. The fourth-order valence-corrected chi connectivity index (χ4v) is 2.23. The van der Waals surface area contributed by atoms with Gasteiger partial charge in [0.15, 0.2) is 0 Å². The Kier molecular flexibility index (Phi) is 3.36. The summed E-state index contributed by atoms with van der Waals surface area (Å²) >= 11 is 11.8. The molecule has 0 unspecified atom stereocenters. The van der Waals surface area contributed by atoms with Gasteiger partial charge in [0.05, 0.1) is 6.26 Å². The Morgan fingerprint density at radius 1 is 1.00 bits per heavy atom. The van der Waals surface area contributed by atoms with Gasteiger partial charge >= 0.3 is 0 Å². The van der Waals surface area contributed by atoms with Crippen LogP contribution >= 0.6 is 23.2 Å². The Morgan fingerprint density at radius 2 is 1.84 bits per heavy atom. The topological polar surface area (TPSA) is 22.4 Å². The van der Waals surface area contributed by atoms with Gasteiger partial charge in [0, 0.05) is 21.0 Å². The van der Waals surface area contributed by atoms with Crippen LogP contribution in [0, 0.1) is 0 Å². The molecule has 0 saturated carbocycles. The number of hydrogen-bond donors (Lipinski definition) is 0. The maximum absolute atomic E-state index is 5.91. The lowest BCUT2D eigenvalue weighted by molar-refractivity contribution is 0.306.